The van der Waals surface area contributed by atoms with E-state index >= 15 is 0 Å². The minimum atomic E-state index is -2.90. The van der Waals surface area contributed by atoms with Crippen molar-refractivity contribution in [2.75, 3.05) is 0 Å². The highest BCUT2D eigenvalue weighted by Crippen LogP contribution is 2.08. The van der Waals surface area contributed by atoms with Gasteiger partial charge in [-0.1, -0.05) is 24.3 Å². The molecule has 14 heavy (non-hydrogen) atoms. The quantitative estimate of drug-likeness (QED) is 0.672. The molecule has 0 aliphatic rings. The Hall–Kier alpha value is -0.0325. The number of rotatable bonds is 4. The van der Waals surface area contributed by atoms with E-state index in [0.29, 0.717) is 0 Å². The second kappa shape index (κ2) is 5.16. The summed E-state index contributed by atoms with van der Waals surface area (Å²) < 4.78 is 15.3. The molecule has 1 aromatic rings. The maximum atomic E-state index is 5.11. The Morgan fingerprint density at radius 1 is 1.00 bits per heavy atom. The first-order chi connectivity index (χ1) is 6.70. The topological polar surface area (TPSA) is 27.7 Å². The molecular weight excluding hydrogens is 244 g/mol. The van der Waals surface area contributed by atoms with Crippen molar-refractivity contribution >= 4 is 45.4 Å². The lowest BCUT2D eigenvalue weighted by Gasteiger charge is -2.26. The van der Waals surface area contributed by atoms with Crippen molar-refractivity contribution in [1.29, 1.82) is 0 Å². The van der Waals surface area contributed by atoms with Gasteiger partial charge in [0.05, 0.1) is 0 Å². The molecule has 0 aliphatic carbocycles. The van der Waals surface area contributed by atoms with E-state index in [9.17, 15) is 0 Å². The first-order valence-electron chi connectivity index (χ1n) is 3.80. The van der Waals surface area contributed by atoms with Crippen LogP contribution in [-0.2, 0) is 12.3 Å². The second-order valence-electron chi connectivity index (χ2n) is 2.68. The van der Waals surface area contributed by atoms with Gasteiger partial charge in [-0.2, -0.15) is 0 Å². The van der Waals surface area contributed by atoms with E-state index in [1.807, 2.05) is 31.2 Å². The van der Waals surface area contributed by atoms with Gasteiger partial charge in [0.15, 0.2) is 0 Å². The second-order valence-corrected chi connectivity index (χ2v) is 6.78. The van der Waals surface area contributed by atoms with Crippen LogP contribution >= 0.6 is 0 Å². The molecule has 0 aliphatic heterocycles. The van der Waals surface area contributed by atoms with Crippen LogP contribution in [0.15, 0.2) is 24.3 Å². The minimum Gasteiger partial charge on any atom is -0.413 e. The summed E-state index contributed by atoms with van der Waals surface area (Å²) in [6.07, 6.45) is 0. The molecule has 7 heteroatoms. The van der Waals surface area contributed by atoms with E-state index in [1.54, 1.807) is 0 Å². The molecule has 0 heterocycles. The lowest BCUT2D eigenvalue weighted by Crippen LogP contribution is -2.56. The standard InChI is InChI=1S/C7H7O3Si4/c1-6-4-2-3-5-7(6)14(8-11,9-12)10-13/h2-5H,1H3. The average molecular weight is 251 g/mol. The van der Waals surface area contributed by atoms with Crippen LogP contribution in [0.3, 0.4) is 0 Å². The third kappa shape index (κ3) is 2.13. The van der Waals surface area contributed by atoms with Gasteiger partial charge >= 0.3 is 8.80 Å². The molecule has 0 N–H and O–H groups in total. The van der Waals surface area contributed by atoms with Crippen LogP contribution in [0.1, 0.15) is 5.56 Å². The molecular formula is C7H7O3Si4. The molecule has 0 saturated heterocycles. The lowest BCUT2D eigenvalue weighted by atomic mass is 10.2. The average Bonchev–Trinajstić information content (AvgIpc) is 2.24. The van der Waals surface area contributed by atoms with Gasteiger partial charge in [-0.15, -0.1) is 0 Å². The third-order valence-electron chi connectivity index (χ3n) is 1.88. The lowest BCUT2D eigenvalue weighted by molar-refractivity contribution is 0.318. The van der Waals surface area contributed by atoms with Crippen molar-refractivity contribution in [3.05, 3.63) is 29.8 Å². The van der Waals surface area contributed by atoms with Gasteiger partial charge in [0.2, 0.25) is 31.5 Å². The van der Waals surface area contributed by atoms with Crippen LogP contribution < -0.4 is 5.19 Å². The van der Waals surface area contributed by atoms with Gasteiger partial charge in [-0.05, 0) is 12.5 Å². The number of hydrogen-bond donors (Lipinski definition) is 0. The monoisotopic (exact) mass is 251 g/mol. The van der Waals surface area contributed by atoms with Crippen molar-refractivity contribution in [3.8, 4) is 0 Å². The molecule has 3 nitrogen and oxygen atoms in total. The molecule has 69 valence electrons. The summed E-state index contributed by atoms with van der Waals surface area (Å²) in [4.78, 5) is 0. The van der Waals surface area contributed by atoms with Crippen LogP contribution in [-0.4, -0.2) is 40.3 Å². The molecule has 0 fully saturated rings. The predicted molar refractivity (Wildman–Crippen MR) is 57.1 cm³/mol. The molecule has 0 bridgehead atoms. The van der Waals surface area contributed by atoms with Crippen LogP contribution in [0.4, 0.5) is 0 Å². The summed E-state index contributed by atoms with van der Waals surface area (Å²) in [5, 5.41) is 0.875. The molecule has 0 atom stereocenters. The molecule has 9 radical (unpaired) electrons. The zero-order valence-electron chi connectivity index (χ0n) is 7.53. The maximum absolute atomic E-state index is 5.11. The van der Waals surface area contributed by atoms with Crippen LogP contribution in [0, 0.1) is 6.92 Å². The Balaban J connectivity index is 3.17. The highest BCUT2D eigenvalue weighted by atomic mass is 28.5. The Bertz CT molecular complexity index is 294. The summed E-state index contributed by atoms with van der Waals surface area (Å²) >= 11 is 0. The summed E-state index contributed by atoms with van der Waals surface area (Å²) in [6, 6.07) is 7.68. The van der Waals surface area contributed by atoms with Crippen molar-refractivity contribution in [2.45, 2.75) is 6.92 Å². The highest BCUT2D eigenvalue weighted by molar-refractivity contribution is 6.81. The zero-order valence-corrected chi connectivity index (χ0v) is 11.5. The Kier molecular flexibility index (Phi) is 4.44. The van der Waals surface area contributed by atoms with E-state index in [0.717, 1.165) is 10.8 Å². The minimum absolute atomic E-state index is 0.875. The Morgan fingerprint density at radius 2 is 1.50 bits per heavy atom. The van der Waals surface area contributed by atoms with Gasteiger partial charge in [-0.25, -0.2) is 0 Å². The van der Waals surface area contributed by atoms with Crippen LogP contribution in [0.5, 0.6) is 0 Å². The first kappa shape index (κ1) is 12.0. The summed E-state index contributed by atoms with van der Waals surface area (Å²) in [6.45, 7) is 1.96. The Morgan fingerprint density at radius 3 is 1.93 bits per heavy atom. The van der Waals surface area contributed by atoms with E-state index in [1.165, 1.54) is 0 Å². The highest BCUT2D eigenvalue weighted by Gasteiger charge is 2.40. The van der Waals surface area contributed by atoms with E-state index in [4.69, 9.17) is 12.3 Å². The maximum Gasteiger partial charge on any atom is 0.505 e. The Labute approximate surface area is 94.8 Å². The van der Waals surface area contributed by atoms with E-state index in [2.05, 4.69) is 31.5 Å². The summed E-state index contributed by atoms with van der Waals surface area (Å²) in [7, 11) is 6.00. The summed E-state index contributed by atoms with van der Waals surface area (Å²) in [5.41, 5.74) is 1.04. The SMILES string of the molecule is Cc1ccccc1[Si](O[Si])(O[Si])O[Si]. The van der Waals surface area contributed by atoms with E-state index in [-0.39, 0.29) is 0 Å². The fraction of sp³-hybridized carbons (Fsp3) is 0.143. The van der Waals surface area contributed by atoms with Crippen molar-refractivity contribution in [3.63, 3.8) is 0 Å². The smallest absolute Gasteiger partial charge is 0.413 e. The van der Waals surface area contributed by atoms with Crippen molar-refractivity contribution in [2.24, 2.45) is 0 Å². The van der Waals surface area contributed by atoms with Gasteiger partial charge < -0.3 is 12.3 Å². The molecule has 0 aromatic heterocycles. The molecule has 0 saturated carbocycles. The number of aryl methyl sites for hydroxylation is 1. The third-order valence-corrected chi connectivity index (χ3v) is 6.32. The van der Waals surface area contributed by atoms with Gasteiger partial charge in [0, 0.05) is 5.19 Å². The van der Waals surface area contributed by atoms with Gasteiger partial charge in [0.1, 0.15) is 0 Å². The molecule has 1 aromatic carbocycles. The van der Waals surface area contributed by atoms with Crippen LogP contribution in [0.2, 0.25) is 0 Å². The van der Waals surface area contributed by atoms with Gasteiger partial charge in [-0.3, -0.25) is 0 Å². The predicted octanol–water partition coefficient (Wildman–Crippen LogP) is -0.559. The van der Waals surface area contributed by atoms with Crippen molar-refractivity contribution in [1.82, 2.24) is 0 Å². The fourth-order valence-electron chi connectivity index (χ4n) is 1.14. The number of hydrogen-bond acceptors (Lipinski definition) is 3. The van der Waals surface area contributed by atoms with E-state index < -0.39 is 8.80 Å². The zero-order chi connectivity index (χ0) is 10.6. The normalized spacial score (nSPS) is 11.7. The largest absolute Gasteiger partial charge is 0.505 e. The summed E-state index contributed by atoms with van der Waals surface area (Å²) in [5.74, 6) is 0. The number of benzene rings is 1. The van der Waals surface area contributed by atoms with Crippen LogP contribution in [0.25, 0.3) is 0 Å². The first-order valence-corrected chi connectivity index (χ1v) is 6.75. The molecule has 0 amide bonds. The van der Waals surface area contributed by atoms with Crippen molar-refractivity contribution < 1.29 is 12.3 Å². The molecule has 0 spiro atoms. The fourth-order valence-corrected chi connectivity index (χ4v) is 4.96. The molecule has 1 rings (SSSR count). The van der Waals surface area contributed by atoms with Gasteiger partial charge in [0.25, 0.3) is 0 Å². The molecule has 0 unspecified atom stereocenters.